The molecule has 0 bridgehead atoms. The second-order valence-electron chi connectivity index (χ2n) is 7.28. The number of piperazine rings is 1. The van der Waals surface area contributed by atoms with Gasteiger partial charge in [0.05, 0.1) is 26.8 Å². The molecule has 13 heteroatoms. The molecule has 1 fully saturated rings. The van der Waals surface area contributed by atoms with Gasteiger partial charge in [0, 0.05) is 31.7 Å². The van der Waals surface area contributed by atoms with Crippen molar-refractivity contribution < 1.29 is 21.2 Å². The minimum Gasteiger partial charge on any atom is -0.245 e. The first kappa shape index (κ1) is 22.5. The number of nitrogens with zero attached hydrogens (tertiary/aromatic N) is 4. The fourth-order valence-electron chi connectivity index (χ4n) is 3.53. The van der Waals surface area contributed by atoms with Crippen LogP contribution in [0.5, 0.6) is 0 Å². The van der Waals surface area contributed by atoms with E-state index in [-0.39, 0.29) is 41.1 Å². The molecule has 2 aromatic carbocycles. The van der Waals surface area contributed by atoms with Crippen LogP contribution in [-0.4, -0.2) is 61.6 Å². The van der Waals surface area contributed by atoms with E-state index in [4.69, 9.17) is 0 Å². The van der Waals surface area contributed by atoms with Crippen LogP contribution in [0.1, 0.15) is 0 Å². The number of rotatable bonds is 5. The lowest BCUT2D eigenvalue weighted by molar-refractivity contribution is 0.273. The molecule has 0 saturated carbocycles. The molecule has 2 aromatic heterocycles. The maximum Gasteiger partial charge on any atom is 0.254 e. The van der Waals surface area contributed by atoms with E-state index in [1.165, 1.54) is 56.5 Å². The molecule has 0 unspecified atom stereocenters. The van der Waals surface area contributed by atoms with Crippen LogP contribution >= 0.6 is 22.7 Å². The minimum atomic E-state index is -3.83. The molecule has 0 spiro atoms. The normalized spacial score (nSPS) is 16.4. The van der Waals surface area contributed by atoms with Gasteiger partial charge in [-0.2, -0.15) is 8.61 Å². The van der Waals surface area contributed by atoms with Crippen LogP contribution in [0, 0.1) is 5.82 Å². The number of hydrogen-bond acceptors (Lipinski definition) is 8. The van der Waals surface area contributed by atoms with Crippen LogP contribution in [-0.2, 0) is 20.0 Å². The van der Waals surface area contributed by atoms with E-state index in [1.54, 1.807) is 17.6 Å². The average Bonchev–Trinajstić information content (AvgIpc) is 3.49. The molecule has 0 amide bonds. The zero-order valence-electron chi connectivity index (χ0n) is 17.0. The fraction of sp³-hybridized carbons (Fsp3) is 0.200. The number of sulfonamides is 2. The lowest BCUT2D eigenvalue weighted by Crippen LogP contribution is -2.50. The van der Waals surface area contributed by atoms with E-state index in [0.29, 0.717) is 10.6 Å². The van der Waals surface area contributed by atoms with Crippen molar-refractivity contribution in [2.75, 3.05) is 26.2 Å². The highest BCUT2D eigenvalue weighted by molar-refractivity contribution is 7.91. The Morgan fingerprint density at radius 1 is 0.848 bits per heavy atom. The molecule has 0 aliphatic carbocycles. The van der Waals surface area contributed by atoms with Crippen molar-refractivity contribution in [1.29, 1.82) is 0 Å². The summed E-state index contributed by atoms with van der Waals surface area (Å²) in [6.07, 6.45) is 1.28. The van der Waals surface area contributed by atoms with Crippen molar-refractivity contribution in [3.63, 3.8) is 0 Å². The second kappa shape index (κ2) is 8.49. The smallest absolute Gasteiger partial charge is 0.245 e. The number of fused-ring (bicyclic) bond motifs is 1. The highest BCUT2D eigenvalue weighted by atomic mass is 32.2. The standard InChI is InChI=1S/C20H17FN4O4S4/c21-15-3-1-14(2-4-15)20-22-12-19(31-20)33(28,29)25-9-7-24(8-10-25)32(26,27)16-5-6-17-18(11-16)30-13-23-17/h1-6,11-13H,7-10H2. The predicted octanol–water partition coefficient (Wildman–Crippen LogP) is 3.25. The molecule has 0 radical (unpaired) electrons. The second-order valence-corrected chi connectivity index (χ2v) is 13.3. The Hall–Kier alpha value is -2.29. The van der Waals surface area contributed by atoms with Crippen LogP contribution in [0.15, 0.2) is 63.3 Å². The van der Waals surface area contributed by atoms with Gasteiger partial charge < -0.3 is 0 Å². The van der Waals surface area contributed by atoms with E-state index in [2.05, 4.69) is 9.97 Å². The molecular weight excluding hydrogens is 508 g/mol. The SMILES string of the molecule is O=S(=O)(c1ccc2ncsc2c1)N1CCN(S(=O)(=O)c2cnc(-c3ccc(F)cc3)s2)CC1. The monoisotopic (exact) mass is 524 g/mol. The lowest BCUT2D eigenvalue weighted by atomic mass is 10.2. The van der Waals surface area contributed by atoms with Crippen molar-refractivity contribution >= 4 is 52.9 Å². The maximum absolute atomic E-state index is 13.1. The molecule has 3 heterocycles. The van der Waals surface area contributed by atoms with E-state index < -0.39 is 20.0 Å². The van der Waals surface area contributed by atoms with E-state index in [1.807, 2.05) is 0 Å². The molecule has 1 saturated heterocycles. The highest BCUT2D eigenvalue weighted by Gasteiger charge is 2.35. The average molecular weight is 525 g/mol. The summed E-state index contributed by atoms with van der Waals surface area (Å²) in [7, 11) is -7.58. The largest absolute Gasteiger partial charge is 0.254 e. The van der Waals surface area contributed by atoms with Crippen molar-refractivity contribution in [2.45, 2.75) is 9.10 Å². The van der Waals surface area contributed by atoms with Gasteiger partial charge in [-0.1, -0.05) is 0 Å². The first-order valence-corrected chi connectivity index (χ1v) is 14.4. The van der Waals surface area contributed by atoms with E-state index in [0.717, 1.165) is 21.6 Å². The zero-order chi connectivity index (χ0) is 23.2. The highest BCUT2D eigenvalue weighted by Crippen LogP contribution is 2.31. The van der Waals surface area contributed by atoms with Gasteiger partial charge >= 0.3 is 0 Å². The van der Waals surface area contributed by atoms with Crippen LogP contribution in [0.4, 0.5) is 4.39 Å². The first-order chi connectivity index (χ1) is 15.7. The molecule has 172 valence electrons. The van der Waals surface area contributed by atoms with Crippen molar-refractivity contribution in [1.82, 2.24) is 18.6 Å². The number of halogens is 1. The van der Waals surface area contributed by atoms with Gasteiger partial charge in [0.1, 0.15) is 10.8 Å². The van der Waals surface area contributed by atoms with Gasteiger partial charge in [0.15, 0.2) is 4.21 Å². The van der Waals surface area contributed by atoms with Crippen molar-refractivity contribution in [2.24, 2.45) is 0 Å². The Labute approximate surface area is 198 Å². The Morgan fingerprint density at radius 2 is 1.52 bits per heavy atom. The Balaban J connectivity index is 1.31. The molecule has 33 heavy (non-hydrogen) atoms. The fourth-order valence-corrected chi connectivity index (χ4v) is 8.48. The molecule has 1 aliphatic heterocycles. The molecule has 8 nitrogen and oxygen atoms in total. The number of thiazole rings is 2. The topological polar surface area (TPSA) is 101 Å². The van der Waals surface area contributed by atoms with Crippen LogP contribution in [0.2, 0.25) is 0 Å². The summed E-state index contributed by atoms with van der Waals surface area (Å²) in [6, 6.07) is 10.4. The zero-order valence-corrected chi connectivity index (χ0v) is 20.2. The summed E-state index contributed by atoms with van der Waals surface area (Å²) in [4.78, 5) is 8.50. The van der Waals surface area contributed by atoms with Gasteiger partial charge in [0.2, 0.25) is 10.0 Å². The van der Waals surface area contributed by atoms with Gasteiger partial charge in [0.25, 0.3) is 10.0 Å². The predicted molar refractivity (Wildman–Crippen MR) is 125 cm³/mol. The third-order valence-corrected chi connectivity index (χ3v) is 11.4. The van der Waals surface area contributed by atoms with E-state index in [9.17, 15) is 21.2 Å². The summed E-state index contributed by atoms with van der Waals surface area (Å²) >= 11 is 2.36. The molecular formula is C20H17FN4O4S4. The first-order valence-electron chi connectivity index (χ1n) is 9.80. The molecule has 0 atom stereocenters. The Kier molecular flexibility index (Phi) is 5.79. The summed E-state index contributed by atoms with van der Waals surface area (Å²) in [5, 5.41) is 0.466. The van der Waals surface area contributed by atoms with Crippen molar-refractivity contribution in [3.05, 3.63) is 60.0 Å². The number of benzene rings is 2. The van der Waals surface area contributed by atoms with Crippen LogP contribution < -0.4 is 0 Å². The Morgan fingerprint density at radius 3 is 2.21 bits per heavy atom. The molecule has 4 aromatic rings. The van der Waals surface area contributed by atoms with Gasteiger partial charge in [-0.05, 0) is 42.5 Å². The summed E-state index contributed by atoms with van der Waals surface area (Å²) in [5.41, 5.74) is 3.02. The van der Waals surface area contributed by atoms with Gasteiger partial charge in [-0.15, -0.1) is 22.7 Å². The lowest BCUT2D eigenvalue weighted by Gasteiger charge is -2.32. The summed E-state index contributed by atoms with van der Waals surface area (Å²) < 4.78 is 68.9. The molecule has 0 N–H and O–H groups in total. The summed E-state index contributed by atoms with van der Waals surface area (Å²) in [5.74, 6) is -0.386. The van der Waals surface area contributed by atoms with Gasteiger partial charge in [-0.25, -0.2) is 31.2 Å². The third kappa shape index (κ3) is 4.20. The minimum absolute atomic E-state index is 0.0359. The number of aromatic nitrogens is 2. The molecule has 5 rings (SSSR count). The van der Waals surface area contributed by atoms with Crippen LogP contribution in [0.3, 0.4) is 0 Å². The van der Waals surface area contributed by atoms with E-state index >= 15 is 0 Å². The summed E-state index contributed by atoms with van der Waals surface area (Å²) in [6.45, 7) is 0.167. The maximum atomic E-state index is 13.1. The van der Waals surface area contributed by atoms with Crippen molar-refractivity contribution in [3.8, 4) is 10.6 Å². The Bertz CT molecular complexity index is 1520. The third-order valence-electron chi connectivity index (χ3n) is 5.31. The quantitative estimate of drug-likeness (QED) is 0.397. The van der Waals surface area contributed by atoms with Crippen LogP contribution in [0.25, 0.3) is 20.8 Å². The number of hydrogen-bond donors (Lipinski definition) is 0. The molecule has 1 aliphatic rings. The van der Waals surface area contributed by atoms with Gasteiger partial charge in [-0.3, -0.25) is 0 Å².